The van der Waals surface area contributed by atoms with Crippen LogP contribution >= 0.6 is 0 Å². The number of rotatable bonds is 4. The van der Waals surface area contributed by atoms with Crippen LogP contribution in [0.2, 0.25) is 0 Å². The zero-order chi connectivity index (χ0) is 17.9. The van der Waals surface area contributed by atoms with E-state index in [0.717, 1.165) is 41.8 Å². The second kappa shape index (κ2) is 7.03. The Balaban J connectivity index is 1.51. The maximum Gasteiger partial charge on any atom is 0.242 e. The van der Waals surface area contributed by atoms with Crippen LogP contribution in [0.3, 0.4) is 0 Å². The third-order valence-corrected chi connectivity index (χ3v) is 4.52. The van der Waals surface area contributed by atoms with Crippen molar-refractivity contribution in [2.45, 2.75) is 38.8 Å². The number of hydrogen-bond acceptors (Lipinski definition) is 5. The van der Waals surface area contributed by atoms with Gasteiger partial charge in [0.25, 0.3) is 0 Å². The SMILES string of the molecule is Cc1ccn(CC(=O)NC2CCCc3nc(-c4cccnc4)ncc32)n1. The van der Waals surface area contributed by atoms with Crippen LogP contribution in [0.5, 0.6) is 0 Å². The maximum absolute atomic E-state index is 12.4. The fourth-order valence-corrected chi connectivity index (χ4v) is 3.27. The van der Waals surface area contributed by atoms with Crippen LogP contribution < -0.4 is 5.32 Å². The first-order valence-corrected chi connectivity index (χ1v) is 8.74. The predicted molar refractivity (Wildman–Crippen MR) is 96.0 cm³/mol. The average molecular weight is 348 g/mol. The van der Waals surface area contributed by atoms with E-state index in [1.807, 2.05) is 37.5 Å². The Bertz CT molecular complexity index is 921. The van der Waals surface area contributed by atoms with E-state index in [0.29, 0.717) is 5.82 Å². The number of fused-ring (bicyclic) bond motifs is 1. The lowest BCUT2D eigenvalue weighted by Crippen LogP contribution is -2.34. The van der Waals surface area contributed by atoms with E-state index >= 15 is 0 Å². The summed E-state index contributed by atoms with van der Waals surface area (Å²) in [7, 11) is 0. The summed E-state index contributed by atoms with van der Waals surface area (Å²) in [5.41, 5.74) is 3.81. The molecule has 1 aliphatic carbocycles. The van der Waals surface area contributed by atoms with Crippen molar-refractivity contribution < 1.29 is 4.79 Å². The fraction of sp³-hybridized carbons (Fsp3) is 0.316. The van der Waals surface area contributed by atoms with Crippen molar-refractivity contribution in [1.29, 1.82) is 0 Å². The summed E-state index contributed by atoms with van der Waals surface area (Å²) in [5.74, 6) is 0.623. The van der Waals surface area contributed by atoms with Gasteiger partial charge in [-0.25, -0.2) is 9.97 Å². The molecular weight excluding hydrogens is 328 g/mol. The molecule has 0 fully saturated rings. The lowest BCUT2D eigenvalue weighted by Gasteiger charge is -2.25. The van der Waals surface area contributed by atoms with Gasteiger partial charge in [-0.15, -0.1) is 0 Å². The first-order chi connectivity index (χ1) is 12.7. The van der Waals surface area contributed by atoms with Crippen LogP contribution in [0, 0.1) is 6.92 Å². The van der Waals surface area contributed by atoms with Crippen LogP contribution in [0.4, 0.5) is 0 Å². The summed E-state index contributed by atoms with van der Waals surface area (Å²) < 4.78 is 1.65. The number of pyridine rings is 1. The van der Waals surface area contributed by atoms with E-state index in [1.54, 1.807) is 17.1 Å². The molecule has 1 amide bonds. The highest BCUT2D eigenvalue weighted by atomic mass is 16.2. The second-order valence-electron chi connectivity index (χ2n) is 6.50. The highest BCUT2D eigenvalue weighted by Crippen LogP contribution is 2.29. The minimum absolute atomic E-state index is 0.0501. The van der Waals surface area contributed by atoms with E-state index in [1.165, 1.54) is 0 Å². The minimum Gasteiger partial charge on any atom is -0.348 e. The Kier molecular flexibility index (Phi) is 4.43. The van der Waals surface area contributed by atoms with E-state index < -0.39 is 0 Å². The van der Waals surface area contributed by atoms with Gasteiger partial charge in [-0.2, -0.15) is 5.10 Å². The largest absolute Gasteiger partial charge is 0.348 e. The smallest absolute Gasteiger partial charge is 0.242 e. The number of hydrogen-bond donors (Lipinski definition) is 1. The van der Waals surface area contributed by atoms with Crippen LogP contribution in [-0.2, 0) is 17.8 Å². The van der Waals surface area contributed by atoms with Crippen LogP contribution in [0.25, 0.3) is 11.4 Å². The third kappa shape index (κ3) is 3.46. The lowest BCUT2D eigenvalue weighted by atomic mass is 9.92. The molecule has 132 valence electrons. The van der Waals surface area contributed by atoms with Gasteiger partial charge in [0.2, 0.25) is 5.91 Å². The monoisotopic (exact) mass is 348 g/mol. The number of aryl methyl sites for hydroxylation is 2. The van der Waals surface area contributed by atoms with Gasteiger partial charge in [-0.05, 0) is 44.4 Å². The van der Waals surface area contributed by atoms with Crippen molar-refractivity contribution in [2.75, 3.05) is 0 Å². The number of aromatic nitrogens is 5. The lowest BCUT2D eigenvalue weighted by molar-refractivity contribution is -0.122. The number of nitrogens with one attached hydrogen (secondary N) is 1. The highest BCUT2D eigenvalue weighted by molar-refractivity contribution is 5.76. The maximum atomic E-state index is 12.4. The van der Waals surface area contributed by atoms with Crippen LogP contribution in [0.1, 0.15) is 35.8 Å². The molecule has 1 unspecified atom stereocenters. The molecule has 3 heterocycles. The number of amides is 1. The van der Waals surface area contributed by atoms with Gasteiger partial charge in [-0.1, -0.05) is 0 Å². The molecule has 0 saturated carbocycles. The molecule has 0 spiro atoms. The summed E-state index contributed by atoms with van der Waals surface area (Å²) in [6.07, 6.45) is 9.93. The molecule has 1 N–H and O–H groups in total. The van der Waals surface area contributed by atoms with Gasteiger partial charge in [0, 0.05) is 41.6 Å². The Hall–Kier alpha value is -3.09. The highest BCUT2D eigenvalue weighted by Gasteiger charge is 2.24. The van der Waals surface area contributed by atoms with E-state index in [-0.39, 0.29) is 18.5 Å². The van der Waals surface area contributed by atoms with Crippen molar-refractivity contribution in [3.8, 4) is 11.4 Å². The van der Waals surface area contributed by atoms with Gasteiger partial charge >= 0.3 is 0 Å². The molecule has 0 aliphatic heterocycles. The molecule has 3 aromatic heterocycles. The van der Waals surface area contributed by atoms with E-state index in [2.05, 4.69) is 20.4 Å². The fourth-order valence-electron chi connectivity index (χ4n) is 3.27. The van der Waals surface area contributed by atoms with E-state index in [9.17, 15) is 4.79 Å². The molecule has 26 heavy (non-hydrogen) atoms. The zero-order valence-corrected chi connectivity index (χ0v) is 14.6. The molecule has 0 saturated heterocycles. The third-order valence-electron chi connectivity index (χ3n) is 4.52. The predicted octanol–water partition coefficient (Wildman–Crippen LogP) is 2.24. The first-order valence-electron chi connectivity index (χ1n) is 8.74. The van der Waals surface area contributed by atoms with Crippen molar-refractivity contribution in [3.05, 3.63) is 59.9 Å². The molecular formula is C19H20N6O. The average Bonchev–Trinajstić information content (AvgIpc) is 3.07. The molecule has 1 aliphatic rings. The number of nitrogens with zero attached hydrogens (tertiary/aromatic N) is 5. The van der Waals surface area contributed by atoms with Crippen molar-refractivity contribution in [1.82, 2.24) is 30.0 Å². The van der Waals surface area contributed by atoms with Gasteiger partial charge in [-0.3, -0.25) is 14.5 Å². The Morgan fingerprint density at radius 1 is 1.35 bits per heavy atom. The normalized spacial score (nSPS) is 16.1. The molecule has 3 aromatic rings. The molecule has 7 nitrogen and oxygen atoms in total. The summed E-state index contributed by atoms with van der Waals surface area (Å²) in [6.45, 7) is 2.12. The topological polar surface area (TPSA) is 85.6 Å². The van der Waals surface area contributed by atoms with Gasteiger partial charge < -0.3 is 5.32 Å². The van der Waals surface area contributed by atoms with E-state index in [4.69, 9.17) is 4.98 Å². The molecule has 0 bridgehead atoms. The Morgan fingerprint density at radius 3 is 3.04 bits per heavy atom. The Morgan fingerprint density at radius 2 is 2.27 bits per heavy atom. The standard InChI is InChI=1S/C19H20N6O/c1-13-7-9-25(24-13)12-18(26)22-16-5-2-6-17-15(16)11-21-19(23-17)14-4-3-8-20-10-14/h3-4,7-11,16H,2,5-6,12H2,1H3,(H,22,26). The molecule has 7 heteroatoms. The van der Waals surface area contributed by atoms with Crippen molar-refractivity contribution in [2.24, 2.45) is 0 Å². The van der Waals surface area contributed by atoms with Gasteiger partial charge in [0.1, 0.15) is 6.54 Å². The second-order valence-corrected chi connectivity index (χ2v) is 6.50. The van der Waals surface area contributed by atoms with Crippen LogP contribution in [-0.4, -0.2) is 30.6 Å². The molecule has 1 atom stereocenters. The molecule has 0 radical (unpaired) electrons. The zero-order valence-electron chi connectivity index (χ0n) is 14.6. The summed E-state index contributed by atoms with van der Waals surface area (Å²) >= 11 is 0. The minimum atomic E-state index is -0.0534. The van der Waals surface area contributed by atoms with Gasteiger partial charge in [0.15, 0.2) is 5.82 Å². The number of carbonyl (C=O) groups excluding carboxylic acids is 1. The quantitative estimate of drug-likeness (QED) is 0.781. The summed E-state index contributed by atoms with van der Waals surface area (Å²) in [6, 6.07) is 5.66. The Labute approximate surface area is 151 Å². The first kappa shape index (κ1) is 16.4. The van der Waals surface area contributed by atoms with Crippen molar-refractivity contribution in [3.63, 3.8) is 0 Å². The van der Waals surface area contributed by atoms with Crippen LogP contribution in [0.15, 0.2) is 43.0 Å². The summed E-state index contributed by atoms with van der Waals surface area (Å²) in [4.78, 5) is 25.7. The summed E-state index contributed by atoms with van der Waals surface area (Å²) in [5, 5.41) is 7.36. The number of carbonyl (C=O) groups is 1. The molecule has 0 aromatic carbocycles. The molecule has 4 rings (SSSR count). The van der Waals surface area contributed by atoms with Crippen molar-refractivity contribution >= 4 is 5.91 Å². The van der Waals surface area contributed by atoms with Gasteiger partial charge in [0.05, 0.1) is 11.7 Å².